The van der Waals surface area contributed by atoms with Gasteiger partial charge in [-0.05, 0) is 48.8 Å². The van der Waals surface area contributed by atoms with E-state index in [4.69, 9.17) is 0 Å². The molecule has 2 aliphatic heterocycles. The van der Waals surface area contributed by atoms with E-state index >= 15 is 0 Å². The molecule has 5 nitrogen and oxygen atoms in total. The van der Waals surface area contributed by atoms with Crippen LogP contribution in [0.25, 0.3) is 0 Å². The van der Waals surface area contributed by atoms with Gasteiger partial charge in [0.2, 0.25) is 0 Å². The smallest absolute Gasteiger partial charge is 0.465 e. The highest BCUT2D eigenvalue weighted by Crippen LogP contribution is 2.35. The molecule has 0 radical (unpaired) electrons. The molecule has 2 unspecified atom stereocenters. The Kier molecular flexibility index (Phi) is 4.15. The predicted octanol–water partition coefficient (Wildman–Crippen LogP) is 3.04. The number of amides is 2. The maximum atomic E-state index is 12.5. The van der Waals surface area contributed by atoms with Gasteiger partial charge in [-0.15, -0.1) is 0 Å². The molecule has 0 aromatic heterocycles. The molecule has 4 rings (SSSR count). The van der Waals surface area contributed by atoms with Gasteiger partial charge in [-0.3, -0.25) is 4.79 Å². The van der Waals surface area contributed by atoms with Crippen molar-refractivity contribution in [1.29, 1.82) is 0 Å². The molecule has 1 aliphatic carbocycles. The molecule has 0 saturated carbocycles. The van der Waals surface area contributed by atoms with Crippen molar-refractivity contribution in [3.63, 3.8) is 0 Å². The summed E-state index contributed by atoms with van der Waals surface area (Å²) in [6.45, 7) is 0.443. The summed E-state index contributed by atoms with van der Waals surface area (Å²) in [6, 6.07) is 4.62. The maximum absolute atomic E-state index is 12.5. The molecule has 2 atom stereocenters. The zero-order valence-corrected chi connectivity index (χ0v) is 12.8. The molecular formula is C16H17F3N2O3. The quantitative estimate of drug-likeness (QED) is 0.824. The Morgan fingerprint density at radius 2 is 1.96 bits per heavy atom. The van der Waals surface area contributed by atoms with Gasteiger partial charge in [0.1, 0.15) is 0 Å². The number of anilines is 1. The van der Waals surface area contributed by atoms with Crippen molar-refractivity contribution in [2.24, 2.45) is 5.92 Å². The number of carbonyl (C=O) groups excluding carboxylic acids is 1. The minimum Gasteiger partial charge on any atom is -0.465 e. The van der Waals surface area contributed by atoms with Crippen molar-refractivity contribution in [3.8, 4) is 0 Å². The molecule has 2 amide bonds. The van der Waals surface area contributed by atoms with Crippen molar-refractivity contribution in [2.45, 2.75) is 37.9 Å². The molecule has 8 heteroatoms. The molecule has 2 heterocycles. The summed E-state index contributed by atoms with van der Waals surface area (Å²) in [7, 11) is 0. The number of nitrogens with zero attached hydrogens (tertiary/aromatic N) is 1. The van der Waals surface area contributed by atoms with Gasteiger partial charge in [0, 0.05) is 18.3 Å². The predicted molar refractivity (Wildman–Crippen MR) is 79.8 cm³/mol. The summed E-state index contributed by atoms with van der Waals surface area (Å²) in [6.07, 6.45) is -3.49. The second kappa shape index (κ2) is 5.99. The number of fused-ring (bicyclic) bond motifs is 2. The Morgan fingerprint density at radius 1 is 1.21 bits per heavy atom. The lowest BCUT2D eigenvalue weighted by Crippen LogP contribution is -2.49. The van der Waals surface area contributed by atoms with Crippen LogP contribution in [-0.4, -0.2) is 40.8 Å². The first-order valence-electron chi connectivity index (χ1n) is 7.74. The van der Waals surface area contributed by atoms with E-state index in [2.05, 4.69) is 0 Å². The summed E-state index contributed by atoms with van der Waals surface area (Å²) in [5, 5.41) is 11.3. The normalized spacial score (nSPS) is 23.2. The molecule has 24 heavy (non-hydrogen) atoms. The molecule has 0 spiro atoms. The minimum atomic E-state index is -4.96. The van der Waals surface area contributed by atoms with E-state index < -0.39 is 18.2 Å². The van der Waals surface area contributed by atoms with Crippen LogP contribution in [-0.2, 0) is 17.6 Å². The number of hydrogen-bond acceptors (Lipinski definition) is 2. The second-order valence-corrected chi connectivity index (χ2v) is 6.34. The third-order valence-corrected chi connectivity index (χ3v) is 4.78. The number of rotatable bonds is 1. The number of hydrogen-bond donors (Lipinski definition) is 2. The number of carboxylic acid groups (broad SMARTS) is 1. The summed E-state index contributed by atoms with van der Waals surface area (Å²) in [5.74, 6) is -1.87. The third-order valence-electron chi connectivity index (χ3n) is 4.78. The fourth-order valence-corrected chi connectivity index (χ4v) is 3.64. The number of halogens is 3. The Hall–Kier alpha value is -2.25. The highest BCUT2D eigenvalue weighted by molar-refractivity contribution is 5.95. The zero-order valence-electron chi connectivity index (χ0n) is 12.8. The minimum absolute atomic E-state index is 0.118. The SMILES string of the molecule is O=C(O)N1CC2CCC1Cc1c(cccc1NC(=O)C(F)(F)F)C2. The molecular weight excluding hydrogens is 325 g/mol. The Morgan fingerprint density at radius 3 is 2.62 bits per heavy atom. The average Bonchev–Trinajstić information content (AvgIpc) is 2.46. The Balaban J connectivity index is 1.94. The standard InChI is InChI=1S/C16H17F3N2O3/c17-16(18,19)14(22)20-13-3-1-2-10-6-9-4-5-11(7-12(10)13)21(8-9)15(23)24/h1-3,9,11H,4-8H2,(H,20,22)(H,23,24). The van der Waals surface area contributed by atoms with Gasteiger partial charge in [-0.25, -0.2) is 4.79 Å². The summed E-state index contributed by atoms with van der Waals surface area (Å²) in [4.78, 5) is 24.1. The summed E-state index contributed by atoms with van der Waals surface area (Å²) < 4.78 is 37.6. The van der Waals surface area contributed by atoms with E-state index in [0.717, 1.165) is 12.0 Å². The molecule has 130 valence electrons. The molecule has 2 bridgehead atoms. The molecule has 2 N–H and O–H groups in total. The number of benzene rings is 1. The fourth-order valence-electron chi connectivity index (χ4n) is 3.64. The van der Waals surface area contributed by atoms with Gasteiger partial charge >= 0.3 is 18.2 Å². The number of alkyl halides is 3. The molecule has 1 aromatic rings. The van der Waals surface area contributed by atoms with Gasteiger partial charge in [0.05, 0.1) is 0 Å². The van der Waals surface area contributed by atoms with Crippen LogP contribution in [0.1, 0.15) is 24.0 Å². The third kappa shape index (κ3) is 3.18. The van der Waals surface area contributed by atoms with Gasteiger partial charge < -0.3 is 15.3 Å². The van der Waals surface area contributed by atoms with Gasteiger partial charge in [-0.1, -0.05) is 12.1 Å². The van der Waals surface area contributed by atoms with Gasteiger partial charge in [0.15, 0.2) is 0 Å². The van der Waals surface area contributed by atoms with Crippen LogP contribution in [0.15, 0.2) is 18.2 Å². The number of piperidine rings is 1. The van der Waals surface area contributed by atoms with Crippen LogP contribution in [0.5, 0.6) is 0 Å². The molecule has 1 fully saturated rings. The van der Waals surface area contributed by atoms with E-state index in [1.807, 2.05) is 11.4 Å². The van der Waals surface area contributed by atoms with Crippen LogP contribution in [0.2, 0.25) is 0 Å². The first-order valence-corrected chi connectivity index (χ1v) is 7.74. The number of carbonyl (C=O) groups is 2. The van der Waals surface area contributed by atoms with E-state index in [1.165, 1.54) is 11.0 Å². The van der Waals surface area contributed by atoms with Crippen molar-refractivity contribution < 1.29 is 27.9 Å². The van der Waals surface area contributed by atoms with E-state index in [0.29, 0.717) is 31.4 Å². The van der Waals surface area contributed by atoms with E-state index in [9.17, 15) is 27.9 Å². The Bertz CT molecular complexity index is 675. The van der Waals surface area contributed by atoms with Gasteiger partial charge in [-0.2, -0.15) is 13.2 Å². The van der Waals surface area contributed by atoms with E-state index in [1.54, 1.807) is 6.07 Å². The average molecular weight is 342 g/mol. The topological polar surface area (TPSA) is 69.6 Å². The van der Waals surface area contributed by atoms with Crippen LogP contribution in [0.4, 0.5) is 23.7 Å². The molecule has 3 aliphatic rings. The molecule has 1 saturated heterocycles. The van der Waals surface area contributed by atoms with Crippen molar-refractivity contribution in [1.82, 2.24) is 4.90 Å². The largest absolute Gasteiger partial charge is 0.471 e. The summed E-state index contributed by atoms with van der Waals surface area (Å²) in [5.41, 5.74) is 1.61. The summed E-state index contributed by atoms with van der Waals surface area (Å²) >= 11 is 0. The highest BCUT2D eigenvalue weighted by atomic mass is 19.4. The van der Waals surface area contributed by atoms with Crippen molar-refractivity contribution in [2.75, 3.05) is 11.9 Å². The van der Waals surface area contributed by atoms with Crippen LogP contribution < -0.4 is 5.32 Å². The van der Waals surface area contributed by atoms with E-state index in [-0.39, 0.29) is 17.6 Å². The lowest BCUT2D eigenvalue weighted by molar-refractivity contribution is -0.167. The van der Waals surface area contributed by atoms with Crippen molar-refractivity contribution >= 4 is 17.7 Å². The van der Waals surface area contributed by atoms with Crippen molar-refractivity contribution in [3.05, 3.63) is 29.3 Å². The highest BCUT2D eigenvalue weighted by Gasteiger charge is 2.40. The monoisotopic (exact) mass is 342 g/mol. The Labute approximate surface area is 136 Å². The maximum Gasteiger partial charge on any atom is 0.471 e. The second-order valence-electron chi connectivity index (χ2n) is 6.34. The number of nitrogens with one attached hydrogen (secondary N) is 1. The zero-order chi connectivity index (χ0) is 17.5. The first-order chi connectivity index (χ1) is 11.3. The lowest BCUT2D eigenvalue weighted by atomic mass is 9.80. The lowest BCUT2D eigenvalue weighted by Gasteiger charge is -2.41. The van der Waals surface area contributed by atoms with Crippen LogP contribution in [0.3, 0.4) is 0 Å². The fraction of sp³-hybridized carbons (Fsp3) is 0.500. The molecule has 1 aromatic carbocycles. The van der Waals surface area contributed by atoms with Crippen LogP contribution in [0, 0.1) is 5.92 Å². The van der Waals surface area contributed by atoms with Gasteiger partial charge in [0.25, 0.3) is 0 Å². The first kappa shape index (κ1) is 16.6. The van der Waals surface area contributed by atoms with Crippen LogP contribution >= 0.6 is 0 Å².